The van der Waals surface area contributed by atoms with E-state index in [1.54, 1.807) is 24.4 Å². The van der Waals surface area contributed by atoms with E-state index in [0.717, 1.165) is 22.9 Å². The van der Waals surface area contributed by atoms with Crippen LogP contribution in [0.3, 0.4) is 0 Å². The van der Waals surface area contributed by atoms with Crippen molar-refractivity contribution in [3.05, 3.63) is 59.3 Å². The molecule has 0 unspecified atom stereocenters. The number of aromatic carboxylic acids is 1. The predicted molar refractivity (Wildman–Crippen MR) is 86.8 cm³/mol. The zero-order valence-corrected chi connectivity index (χ0v) is 12.7. The zero-order valence-electron chi connectivity index (χ0n) is 11.9. The summed E-state index contributed by atoms with van der Waals surface area (Å²) in [7, 11) is 0. The Balaban J connectivity index is 1.99. The summed E-state index contributed by atoms with van der Waals surface area (Å²) < 4.78 is 0. The van der Waals surface area contributed by atoms with Crippen LogP contribution in [0.2, 0.25) is 0 Å². The van der Waals surface area contributed by atoms with Crippen LogP contribution in [0.25, 0.3) is 0 Å². The van der Waals surface area contributed by atoms with Gasteiger partial charge in [-0.15, -0.1) is 0 Å². The number of hydrogen-bond acceptors (Lipinski definition) is 4. The Morgan fingerprint density at radius 2 is 2.14 bits per heavy atom. The second kappa shape index (κ2) is 7.69. The van der Waals surface area contributed by atoms with Crippen LogP contribution in [0, 0.1) is 0 Å². The van der Waals surface area contributed by atoms with Crippen LogP contribution in [0.4, 0.5) is 5.82 Å². The molecule has 0 amide bonds. The first-order chi connectivity index (χ1) is 10.2. The van der Waals surface area contributed by atoms with Crippen molar-refractivity contribution in [2.75, 3.05) is 11.1 Å². The lowest BCUT2D eigenvalue weighted by Gasteiger charge is -2.08. The van der Waals surface area contributed by atoms with E-state index < -0.39 is 5.97 Å². The molecule has 2 aromatic rings. The summed E-state index contributed by atoms with van der Waals surface area (Å²) in [5.74, 6) is 1.97. The molecule has 0 radical (unpaired) electrons. The lowest BCUT2D eigenvalue weighted by atomic mass is 10.1. The Morgan fingerprint density at radius 3 is 2.90 bits per heavy atom. The smallest absolute Gasteiger partial charge is 0.335 e. The van der Waals surface area contributed by atoms with Gasteiger partial charge in [0.05, 0.1) is 5.56 Å². The highest BCUT2D eigenvalue weighted by atomic mass is 32.2. The van der Waals surface area contributed by atoms with Gasteiger partial charge in [-0.05, 0) is 41.1 Å². The van der Waals surface area contributed by atoms with Gasteiger partial charge in [-0.3, -0.25) is 0 Å². The maximum Gasteiger partial charge on any atom is 0.335 e. The van der Waals surface area contributed by atoms with Crippen molar-refractivity contribution in [1.29, 1.82) is 0 Å². The maximum atomic E-state index is 10.9. The number of thioether (sulfide) groups is 1. The quantitative estimate of drug-likeness (QED) is 0.817. The lowest BCUT2D eigenvalue weighted by Crippen LogP contribution is -2.03. The minimum absolute atomic E-state index is 0.301. The molecule has 4 nitrogen and oxygen atoms in total. The zero-order chi connectivity index (χ0) is 15.1. The highest BCUT2D eigenvalue weighted by Gasteiger charge is 2.03. The first-order valence-electron chi connectivity index (χ1n) is 6.78. The molecule has 2 rings (SSSR count). The topological polar surface area (TPSA) is 62.2 Å². The van der Waals surface area contributed by atoms with Crippen LogP contribution in [-0.4, -0.2) is 21.8 Å². The number of benzene rings is 1. The normalized spacial score (nSPS) is 10.3. The average molecular weight is 302 g/mol. The van der Waals surface area contributed by atoms with E-state index in [2.05, 4.69) is 17.2 Å². The summed E-state index contributed by atoms with van der Waals surface area (Å²) in [6, 6.07) is 11.0. The largest absolute Gasteiger partial charge is 0.478 e. The Bertz CT molecular complexity index is 617. The van der Waals surface area contributed by atoms with Gasteiger partial charge in [0.2, 0.25) is 0 Å². The lowest BCUT2D eigenvalue weighted by molar-refractivity contribution is 0.0697. The number of pyridine rings is 1. The van der Waals surface area contributed by atoms with Gasteiger partial charge in [0.25, 0.3) is 0 Å². The fourth-order valence-electron chi connectivity index (χ4n) is 1.89. The van der Waals surface area contributed by atoms with Crippen LogP contribution in [0.15, 0.2) is 42.6 Å². The molecule has 0 atom stereocenters. The van der Waals surface area contributed by atoms with Crippen molar-refractivity contribution in [1.82, 2.24) is 4.98 Å². The molecule has 0 saturated carbocycles. The summed E-state index contributed by atoms with van der Waals surface area (Å²) in [5.41, 5.74) is 2.46. The number of nitrogens with zero attached hydrogens (tertiary/aromatic N) is 1. The third kappa shape index (κ3) is 4.79. The fraction of sp³-hybridized carbons (Fsp3) is 0.250. The van der Waals surface area contributed by atoms with Gasteiger partial charge in [-0.25, -0.2) is 9.78 Å². The van der Waals surface area contributed by atoms with Crippen LogP contribution < -0.4 is 5.32 Å². The van der Waals surface area contributed by atoms with E-state index >= 15 is 0 Å². The molecule has 0 aliphatic heterocycles. The van der Waals surface area contributed by atoms with E-state index in [-0.39, 0.29) is 0 Å². The molecular formula is C16H18N2O2S. The van der Waals surface area contributed by atoms with Gasteiger partial charge in [-0.2, -0.15) is 11.8 Å². The van der Waals surface area contributed by atoms with Crippen LogP contribution in [0.5, 0.6) is 0 Å². The van der Waals surface area contributed by atoms with Crippen molar-refractivity contribution in [2.24, 2.45) is 0 Å². The predicted octanol–water partition coefficient (Wildman–Crippen LogP) is 3.65. The third-order valence-corrected chi connectivity index (χ3v) is 3.89. The molecule has 5 heteroatoms. The van der Waals surface area contributed by atoms with Gasteiger partial charge in [0.1, 0.15) is 5.82 Å². The van der Waals surface area contributed by atoms with Crippen LogP contribution >= 0.6 is 11.8 Å². The minimum atomic E-state index is -0.909. The number of carboxylic acid groups (broad SMARTS) is 1. The average Bonchev–Trinajstić information content (AvgIpc) is 2.51. The summed E-state index contributed by atoms with van der Waals surface area (Å²) in [6.07, 6.45) is 1.79. The molecule has 0 saturated heterocycles. The number of nitrogens with one attached hydrogen (secondary N) is 1. The molecule has 2 N–H and O–H groups in total. The highest BCUT2D eigenvalue weighted by Crippen LogP contribution is 2.15. The van der Waals surface area contributed by atoms with E-state index in [9.17, 15) is 4.79 Å². The molecular weight excluding hydrogens is 284 g/mol. The molecule has 1 aromatic carbocycles. The molecule has 1 heterocycles. The SMILES string of the molecule is CCSCc1ccnc(NCc2cccc(C(=O)O)c2)c1. The van der Waals surface area contributed by atoms with Gasteiger partial charge in [0, 0.05) is 18.5 Å². The van der Waals surface area contributed by atoms with Crippen molar-refractivity contribution >= 4 is 23.5 Å². The Hall–Kier alpha value is -2.01. The number of hydrogen-bond donors (Lipinski definition) is 2. The molecule has 21 heavy (non-hydrogen) atoms. The van der Waals surface area contributed by atoms with E-state index in [0.29, 0.717) is 12.1 Å². The highest BCUT2D eigenvalue weighted by molar-refractivity contribution is 7.98. The van der Waals surface area contributed by atoms with Gasteiger partial charge in [0.15, 0.2) is 0 Å². The molecule has 0 bridgehead atoms. The summed E-state index contributed by atoms with van der Waals surface area (Å²) in [5, 5.41) is 12.2. The van der Waals surface area contributed by atoms with Crippen LogP contribution in [0.1, 0.15) is 28.4 Å². The van der Waals surface area contributed by atoms with Crippen molar-refractivity contribution in [3.8, 4) is 0 Å². The number of carbonyl (C=O) groups is 1. The van der Waals surface area contributed by atoms with Gasteiger partial charge >= 0.3 is 5.97 Å². The van der Waals surface area contributed by atoms with Gasteiger partial charge < -0.3 is 10.4 Å². The number of rotatable bonds is 7. The van der Waals surface area contributed by atoms with Crippen LogP contribution in [-0.2, 0) is 12.3 Å². The summed E-state index contributed by atoms with van der Waals surface area (Å²) in [6.45, 7) is 2.69. The summed E-state index contributed by atoms with van der Waals surface area (Å²) >= 11 is 1.87. The Kier molecular flexibility index (Phi) is 5.63. The first-order valence-corrected chi connectivity index (χ1v) is 7.93. The number of aromatic nitrogens is 1. The van der Waals surface area contributed by atoms with Crippen molar-refractivity contribution in [3.63, 3.8) is 0 Å². The monoisotopic (exact) mass is 302 g/mol. The minimum Gasteiger partial charge on any atom is -0.478 e. The maximum absolute atomic E-state index is 10.9. The van der Waals surface area contributed by atoms with Gasteiger partial charge in [-0.1, -0.05) is 19.1 Å². The number of carboxylic acids is 1. The molecule has 0 fully saturated rings. The fourth-order valence-corrected chi connectivity index (χ4v) is 2.51. The number of anilines is 1. The molecule has 0 spiro atoms. The Morgan fingerprint density at radius 1 is 1.29 bits per heavy atom. The second-order valence-corrected chi connectivity index (χ2v) is 5.82. The second-order valence-electron chi connectivity index (χ2n) is 4.55. The van der Waals surface area contributed by atoms with Crippen molar-refractivity contribution in [2.45, 2.75) is 19.2 Å². The van der Waals surface area contributed by atoms with E-state index in [1.807, 2.05) is 30.0 Å². The first kappa shape index (κ1) is 15.4. The summed E-state index contributed by atoms with van der Waals surface area (Å²) in [4.78, 5) is 15.2. The third-order valence-electron chi connectivity index (χ3n) is 2.94. The Labute approximate surface area is 128 Å². The molecule has 0 aliphatic carbocycles. The van der Waals surface area contributed by atoms with E-state index in [1.165, 1.54) is 5.56 Å². The van der Waals surface area contributed by atoms with E-state index in [4.69, 9.17) is 5.11 Å². The molecule has 110 valence electrons. The standard InChI is InChI=1S/C16H18N2O2S/c1-2-21-11-13-6-7-17-15(9-13)18-10-12-4-3-5-14(8-12)16(19)20/h3-9H,2,10-11H2,1H3,(H,17,18)(H,19,20). The van der Waals surface area contributed by atoms with Crippen molar-refractivity contribution < 1.29 is 9.90 Å². The molecule has 1 aromatic heterocycles. The molecule has 0 aliphatic rings.